The number of carbonyl (C=O) groups is 1. The SMILES string of the molecule is CCNc1ccc(C(=O)NCCc2cscn2)nc1. The van der Waals surface area contributed by atoms with Gasteiger partial charge in [0.05, 0.1) is 23.1 Å². The lowest BCUT2D eigenvalue weighted by Gasteiger charge is -2.05. The fourth-order valence-corrected chi connectivity index (χ4v) is 2.19. The van der Waals surface area contributed by atoms with E-state index in [1.54, 1.807) is 29.1 Å². The molecule has 0 aromatic carbocycles. The van der Waals surface area contributed by atoms with Crippen LogP contribution in [0, 0.1) is 0 Å². The van der Waals surface area contributed by atoms with Gasteiger partial charge in [0.2, 0.25) is 0 Å². The molecule has 0 unspecified atom stereocenters. The van der Waals surface area contributed by atoms with Gasteiger partial charge in [-0.1, -0.05) is 0 Å². The number of aromatic nitrogens is 2. The summed E-state index contributed by atoms with van der Waals surface area (Å²) >= 11 is 1.56. The van der Waals surface area contributed by atoms with Crippen molar-refractivity contribution in [2.45, 2.75) is 13.3 Å². The lowest BCUT2D eigenvalue weighted by atomic mass is 10.3. The molecule has 100 valence electrons. The molecule has 19 heavy (non-hydrogen) atoms. The standard InChI is InChI=1S/C13H16N4OS/c1-2-14-10-3-4-12(16-7-10)13(18)15-6-5-11-8-19-9-17-11/h3-4,7-9,14H,2,5-6H2,1H3,(H,15,18). The molecule has 2 N–H and O–H groups in total. The number of anilines is 1. The molecule has 1 amide bonds. The van der Waals surface area contributed by atoms with E-state index in [-0.39, 0.29) is 5.91 Å². The van der Waals surface area contributed by atoms with Crippen molar-refractivity contribution in [2.24, 2.45) is 0 Å². The summed E-state index contributed by atoms with van der Waals surface area (Å²) in [6.07, 6.45) is 2.41. The second kappa shape index (κ2) is 6.84. The number of nitrogens with one attached hydrogen (secondary N) is 2. The maximum absolute atomic E-state index is 11.8. The number of nitrogens with zero attached hydrogens (tertiary/aromatic N) is 2. The van der Waals surface area contributed by atoms with Crippen LogP contribution in [0.3, 0.4) is 0 Å². The summed E-state index contributed by atoms with van der Waals surface area (Å²) in [7, 11) is 0. The highest BCUT2D eigenvalue weighted by Gasteiger charge is 2.06. The highest BCUT2D eigenvalue weighted by Crippen LogP contribution is 2.05. The minimum Gasteiger partial charge on any atom is -0.384 e. The second-order valence-corrected chi connectivity index (χ2v) is 4.67. The van der Waals surface area contributed by atoms with Crippen LogP contribution in [0.25, 0.3) is 0 Å². The summed E-state index contributed by atoms with van der Waals surface area (Å²) in [4.78, 5) is 20.1. The van der Waals surface area contributed by atoms with E-state index in [0.29, 0.717) is 12.2 Å². The van der Waals surface area contributed by atoms with Crippen LogP contribution in [0.2, 0.25) is 0 Å². The molecule has 2 aromatic rings. The Morgan fingerprint density at radius 2 is 2.26 bits per heavy atom. The van der Waals surface area contributed by atoms with E-state index in [0.717, 1.165) is 24.3 Å². The quantitative estimate of drug-likeness (QED) is 0.846. The normalized spacial score (nSPS) is 10.2. The Balaban J connectivity index is 1.82. The predicted molar refractivity (Wildman–Crippen MR) is 76.6 cm³/mol. The summed E-state index contributed by atoms with van der Waals surface area (Å²) in [6, 6.07) is 3.57. The Hall–Kier alpha value is -1.95. The van der Waals surface area contributed by atoms with Crippen molar-refractivity contribution in [3.05, 3.63) is 40.6 Å². The Morgan fingerprint density at radius 1 is 1.37 bits per heavy atom. The maximum Gasteiger partial charge on any atom is 0.269 e. The van der Waals surface area contributed by atoms with Crippen molar-refractivity contribution in [3.63, 3.8) is 0 Å². The molecule has 5 nitrogen and oxygen atoms in total. The third-order valence-electron chi connectivity index (χ3n) is 2.53. The zero-order chi connectivity index (χ0) is 13.5. The van der Waals surface area contributed by atoms with Gasteiger partial charge in [-0.3, -0.25) is 4.79 Å². The zero-order valence-corrected chi connectivity index (χ0v) is 11.5. The molecule has 0 atom stereocenters. The molecule has 2 rings (SSSR count). The van der Waals surface area contributed by atoms with Crippen LogP contribution in [-0.2, 0) is 6.42 Å². The van der Waals surface area contributed by atoms with Gasteiger partial charge in [-0.25, -0.2) is 9.97 Å². The topological polar surface area (TPSA) is 66.9 Å². The van der Waals surface area contributed by atoms with Gasteiger partial charge in [0.1, 0.15) is 5.69 Å². The summed E-state index contributed by atoms with van der Waals surface area (Å²) in [5.74, 6) is -0.154. The average Bonchev–Trinajstić information content (AvgIpc) is 2.93. The minimum absolute atomic E-state index is 0.154. The second-order valence-electron chi connectivity index (χ2n) is 3.95. The van der Waals surface area contributed by atoms with E-state index in [9.17, 15) is 4.79 Å². The molecule has 0 bridgehead atoms. The first-order valence-electron chi connectivity index (χ1n) is 6.14. The number of amides is 1. The molecule has 6 heteroatoms. The fraction of sp³-hybridized carbons (Fsp3) is 0.308. The Morgan fingerprint density at radius 3 is 2.89 bits per heavy atom. The van der Waals surface area contributed by atoms with Crippen molar-refractivity contribution in [3.8, 4) is 0 Å². The summed E-state index contributed by atoms with van der Waals surface area (Å²) in [5.41, 5.74) is 4.14. The van der Waals surface area contributed by atoms with Gasteiger partial charge < -0.3 is 10.6 Å². The van der Waals surface area contributed by atoms with E-state index >= 15 is 0 Å². The Kier molecular flexibility index (Phi) is 4.85. The van der Waals surface area contributed by atoms with Crippen molar-refractivity contribution in [1.29, 1.82) is 0 Å². The summed E-state index contributed by atoms with van der Waals surface area (Å²) < 4.78 is 0. The highest BCUT2D eigenvalue weighted by atomic mass is 32.1. The molecule has 2 heterocycles. The Labute approximate surface area is 116 Å². The van der Waals surface area contributed by atoms with Crippen LogP contribution in [0.5, 0.6) is 0 Å². The van der Waals surface area contributed by atoms with Crippen LogP contribution in [-0.4, -0.2) is 29.0 Å². The zero-order valence-electron chi connectivity index (χ0n) is 10.7. The number of thiazole rings is 1. The van der Waals surface area contributed by atoms with Crippen molar-refractivity contribution in [1.82, 2.24) is 15.3 Å². The van der Waals surface area contributed by atoms with Crippen LogP contribution in [0.15, 0.2) is 29.2 Å². The van der Waals surface area contributed by atoms with Gasteiger partial charge in [-0.2, -0.15) is 0 Å². The molecule has 0 saturated carbocycles. The van der Waals surface area contributed by atoms with Crippen LogP contribution < -0.4 is 10.6 Å². The predicted octanol–water partition coefficient (Wildman–Crippen LogP) is 1.94. The van der Waals surface area contributed by atoms with Crippen molar-refractivity contribution in [2.75, 3.05) is 18.4 Å². The number of rotatable bonds is 6. The third-order valence-corrected chi connectivity index (χ3v) is 3.16. The van der Waals surface area contributed by atoms with E-state index < -0.39 is 0 Å². The molecule has 0 aliphatic carbocycles. The molecule has 0 fully saturated rings. The van der Waals surface area contributed by atoms with Gasteiger partial charge in [0, 0.05) is 24.9 Å². The fourth-order valence-electron chi connectivity index (χ4n) is 1.59. The Bertz CT molecular complexity index is 510. The van der Waals surface area contributed by atoms with Gasteiger partial charge in [-0.15, -0.1) is 11.3 Å². The smallest absolute Gasteiger partial charge is 0.269 e. The van der Waals surface area contributed by atoms with Crippen LogP contribution in [0.4, 0.5) is 5.69 Å². The number of carbonyl (C=O) groups excluding carboxylic acids is 1. The highest BCUT2D eigenvalue weighted by molar-refractivity contribution is 7.07. The molecular formula is C13H16N4OS. The van der Waals surface area contributed by atoms with E-state index in [1.165, 1.54) is 0 Å². The molecule has 0 aliphatic heterocycles. The molecule has 0 saturated heterocycles. The van der Waals surface area contributed by atoms with E-state index in [2.05, 4.69) is 20.6 Å². The van der Waals surface area contributed by atoms with Crippen LogP contribution >= 0.6 is 11.3 Å². The maximum atomic E-state index is 11.8. The molecule has 2 aromatic heterocycles. The molecule has 0 radical (unpaired) electrons. The van der Waals surface area contributed by atoms with Gasteiger partial charge in [0.25, 0.3) is 5.91 Å². The first-order chi connectivity index (χ1) is 9.29. The van der Waals surface area contributed by atoms with E-state index in [1.807, 2.05) is 18.4 Å². The van der Waals surface area contributed by atoms with Gasteiger partial charge in [-0.05, 0) is 19.1 Å². The largest absolute Gasteiger partial charge is 0.384 e. The monoisotopic (exact) mass is 276 g/mol. The van der Waals surface area contributed by atoms with Gasteiger partial charge in [0.15, 0.2) is 0 Å². The summed E-state index contributed by atoms with van der Waals surface area (Å²) in [6.45, 7) is 3.42. The molecular weight excluding hydrogens is 260 g/mol. The van der Waals surface area contributed by atoms with E-state index in [4.69, 9.17) is 0 Å². The average molecular weight is 276 g/mol. The van der Waals surface area contributed by atoms with Crippen molar-refractivity contribution < 1.29 is 4.79 Å². The molecule has 0 aliphatic rings. The molecule has 0 spiro atoms. The lowest BCUT2D eigenvalue weighted by Crippen LogP contribution is -2.26. The van der Waals surface area contributed by atoms with Crippen molar-refractivity contribution >= 4 is 22.9 Å². The first-order valence-corrected chi connectivity index (χ1v) is 7.09. The van der Waals surface area contributed by atoms with Gasteiger partial charge >= 0.3 is 0 Å². The lowest BCUT2D eigenvalue weighted by molar-refractivity contribution is 0.0949. The number of pyridine rings is 1. The van der Waals surface area contributed by atoms with Crippen LogP contribution in [0.1, 0.15) is 23.1 Å². The first kappa shape index (κ1) is 13.5. The summed E-state index contributed by atoms with van der Waals surface area (Å²) in [5, 5.41) is 7.95. The number of hydrogen-bond acceptors (Lipinski definition) is 5. The number of hydrogen-bond donors (Lipinski definition) is 2. The minimum atomic E-state index is -0.154. The third kappa shape index (κ3) is 4.03.